The van der Waals surface area contributed by atoms with Crippen molar-refractivity contribution in [3.05, 3.63) is 28.8 Å². The number of carbonyl (C=O) groups excluding carboxylic acids is 1. The summed E-state index contributed by atoms with van der Waals surface area (Å²) >= 11 is 5.54. The fourth-order valence-electron chi connectivity index (χ4n) is 0.715. The van der Waals surface area contributed by atoms with Gasteiger partial charge in [0.15, 0.2) is 0 Å². The summed E-state index contributed by atoms with van der Waals surface area (Å²) in [7, 11) is 0. The Labute approximate surface area is 117 Å². The van der Waals surface area contributed by atoms with Gasteiger partial charge in [-0.25, -0.2) is 0 Å². The molecule has 3 nitrogen and oxygen atoms in total. The number of rotatable bonds is 1. The van der Waals surface area contributed by atoms with Gasteiger partial charge in [0, 0.05) is 5.56 Å². The van der Waals surface area contributed by atoms with Crippen molar-refractivity contribution in [2.75, 3.05) is 5.73 Å². The number of benzene rings is 1. The van der Waals surface area contributed by atoms with E-state index in [9.17, 15) is 9.90 Å². The van der Waals surface area contributed by atoms with Gasteiger partial charge in [-0.3, -0.25) is 0 Å². The van der Waals surface area contributed by atoms with Crippen LogP contribution in [0, 0.1) is 0 Å². The van der Waals surface area contributed by atoms with Crippen LogP contribution < -0.4 is 62.2 Å². The molecule has 12 heavy (non-hydrogen) atoms. The number of aromatic carboxylic acids is 1. The fourth-order valence-corrected chi connectivity index (χ4v) is 0.890. The maximum Gasteiger partial charge on any atom is 1.00 e. The standard InChI is InChI=1S/C7H6ClNO2.K/c8-5-3-1-2-4(6(5)9)7(10)11;/h1-3H,9H2,(H,10,11);/q;+1/p-1. The topological polar surface area (TPSA) is 66.2 Å². The van der Waals surface area contributed by atoms with Crippen LogP contribution in [-0.4, -0.2) is 5.97 Å². The van der Waals surface area contributed by atoms with E-state index in [1.807, 2.05) is 0 Å². The quantitative estimate of drug-likeness (QED) is 0.404. The summed E-state index contributed by atoms with van der Waals surface area (Å²) in [5.41, 5.74) is 5.31. The average molecular weight is 210 g/mol. The molecule has 0 atom stereocenters. The molecular formula is C7H5ClKNO2. The number of carboxylic acid groups (broad SMARTS) is 1. The van der Waals surface area contributed by atoms with Crippen LogP contribution in [0.5, 0.6) is 0 Å². The summed E-state index contributed by atoms with van der Waals surface area (Å²) in [5.74, 6) is -1.31. The summed E-state index contributed by atoms with van der Waals surface area (Å²) in [6.07, 6.45) is 0. The normalized spacial score (nSPS) is 8.75. The van der Waals surface area contributed by atoms with Crippen molar-refractivity contribution in [2.45, 2.75) is 0 Å². The first kappa shape index (κ1) is 12.4. The van der Waals surface area contributed by atoms with Crippen molar-refractivity contribution in [2.24, 2.45) is 0 Å². The molecule has 0 spiro atoms. The van der Waals surface area contributed by atoms with E-state index in [0.717, 1.165) is 0 Å². The Morgan fingerprint density at radius 1 is 1.50 bits per heavy atom. The van der Waals surface area contributed by atoms with Crippen molar-refractivity contribution in [1.82, 2.24) is 0 Å². The van der Waals surface area contributed by atoms with Crippen LogP contribution in [0.2, 0.25) is 5.02 Å². The minimum absolute atomic E-state index is 0. The minimum Gasteiger partial charge on any atom is -0.545 e. The third-order valence-electron chi connectivity index (χ3n) is 1.27. The summed E-state index contributed by atoms with van der Waals surface area (Å²) in [5, 5.41) is 10.6. The van der Waals surface area contributed by atoms with Crippen molar-refractivity contribution < 1.29 is 61.3 Å². The predicted molar refractivity (Wildman–Crippen MR) is 40.2 cm³/mol. The smallest absolute Gasteiger partial charge is 0.545 e. The van der Waals surface area contributed by atoms with E-state index in [0.29, 0.717) is 0 Å². The average Bonchev–Trinajstić information content (AvgIpc) is 1.94. The molecule has 2 N–H and O–H groups in total. The molecule has 1 rings (SSSR count). The fraction of sp³-hybridized carbons (Fsp3) is 0. The van der Waals surface area contributed by atoms with Crippen molar-refractivity contribution in [3.8, 4) is 0 Å². The van der Waals surface area contributed by atoms with Gasteiger partial charge < -0.3 is 15.6 Å². The molecule has 0 fully saturated rings. The van der Waals surface area contributed by atoms with Crippen molar-refractivity contribution >= 4 is 23.3 Å². The zero-order chi connectivity index (χ0) is 8.43. The Morgan fingerprint density at radius 3 is 2.50 bits per heavy atom. The Balaban J connectivity index is 0.00000121. The molecule has 0 radical (unpaired) electrons. The molecular weight excluding hydrogens is 205 g/mol. The molecule has 0 aliphatic rings. The van der Waals surface area contributed by atoms with Gasteiger partial charge in [0.1, 0.15) is 0 Å². The van der Waals surface area contributed by atoms with Gasteiger partial charge in [0.25, 0.3) is 0 Å². The van der Waals surface area contributed by atoms with Crippen LogP contribution in [-0.2, 0) is 0 Å². The van der Waals surface area contributed by atoms with Crippen molar-refractivity contribution in [3.63, 3.8) is 0 Å². The minimum atomic E-state index is -1.31. The van der Waals surface area contributed by atoms with E-state index in [2.05, 4.69) is 0 Å². The second-order valence-corrected chi connectivity index (χ2v) is 2.40. The van der Waals surface area contributed by atoms with Crippen LogP contribution >= 0.6 is 11.6 Å². The van der Waals surface area contributed by atoms with Gasteiger partial charge in [-0.1, -0.05) is 23.7 Å². The second kappa shape index (κ2) is 5.21. The monoisotopic (exact) mass is 209 g/mol. The first-order chi connectivity index (χ1) is 5.13. The molecule has 0 saturated heterocycles. The van der Waals surface area contributed by atoms with Crippen LogP contribution in [0.25, 0.3) is 0 Å². The van der Waals surface area contributed by atoms with Gasteiger partial charge in [0.2, 0.25) is 0 Å². The predicted octanol–water partition coefficient (Wildman–Crippen LogP) is -2.71. The van der Waals surface area contributed by atoms with Gasteiger partial charge >= 0.3 is 51.4 Å². The van der Waals surface area contributed by atoms with Gasteiger partial charge in [-0.05, 0) is 6.07 Å². The van der Waals surface area contributed by atoms with Crippen LogP contribution in [0.15, 0.2) is 18.2 Å². The molecule has 1 aromatic carbocycles. The van der Waals surface area contributed by atoms with Gasteiger partial charge in [0.05, 0.1) is 16.7 Å². The molecule has 0 amide bonds. The summed E-state index contributed by atoms with van der Waals surface area (Å²) in [6.45, 7) is 0. The van der Waals surface area contributed by atoms with E-state index < -0.39 is 5.97 Å². The SMILES string of the molecule is Nc1c(Cl)cccc1C(=O)[O-].[K+]. The number of nitrogens with two attached hydrogens (primary N) is 1. The Bertz CT molecular complexity index is 303. The van der Waals surface area contributed by atoms with Crippen LogP contribution in [0.1, 0.15) is 10.4 Å². The number of anilines is 1. The second-order valence-electron chi connectivity index (χ2n) is 1.99. The van der Waals surface area contributed by atoms with E-state index in [-0.39, 0.29) is 67.7 Å². The summed E-state index contributed by atoms with van der Waals surface area (Å²) in [4.78, 5) is 10.3. The third kappa shape index (κ3) is 2.72. The van der Waals surface area contributed by atoms with Gasteiger partial charge in [-0.15, -0.1) is 0 Å². The zero-order valence-corrected chi connectivity index (χ0v) is 10.4. The first-order valence-corrected chi connectivity index (χ1v) is 3.26. The van der Waals surface area contributed by atoms with E-state index in [1.54, 1.807) is 0 Å². The Kier molecular flexibility index (Phi) is 5.39. The van der Waals surface area contributed by atoms with Crippen LogP contribution in [0.3, 0.4) is 0 Å². The molecule has 1 aromatic rings. The number of halogens is 1. The van der Waals surface area contributed by atoms with Crippen LogP contribution in [0.4, 0.5) is 5.69 Å². The molecule has 0 aliphatic heterocycles. The van der Waals surface area contributed by atoms with E-state index >= 15 is 0 Å². The van der Waals surface area contributed by atoms with E-state index in [1.165, 1.54) is 18.2 Å². The molecule has 58 valence electrons. The molecule has 5 heteroatoms. The molecule has 0 unspecified atom stereocenters. The third-order valence-corrected chi connectivity index (χ3v) is 1.60. The molecule has 0 saturated carbocycles. The number of hydrogen-bond acceptors (Lipinski definition) is 3. The zero-order valence-electron chi connectivity index (χ0n) is 6.50. The Morgan fingerprint density at radius 2 is 2.08 bits per heavy atom. The van der Waals surface area contributed by atoms with Crippen molar-refractivity contribution in [1.29, 1.82) is 0 Å². The van der Waals surface area contributed by atoms with E-state index in [4.69, 9.17) is 17.3 Å². The summed E-state index contributed by atoms with van der Waals surface area (Å²) < 4.78 is 0. The molecule has 0 aliphatic carbocycles. The Hall–Kier alpha value is 0.416. The maximum absolute atomic E-state index is 10.3. The summed E-state index contributed by atoms with van der Waals surface area (Å²) in [6, 6.07) is 4.36. The largest absolute Gasteiger partial charge is 1.00 e. The molecule has 0 heterocycles. The molecule has 0 aromatic heterocycles. The number of nitrogen functional groups attached to an aromatic ring is 1. The number of carboxylic acids is 1. The first-order valence-electron chi connectivity index (χ1n) is 2.88. The molecule has 0 bridgehead atoms. The number of para-hydroxylation sites is 1. The van der Waals surface area contributed by atoms with Gasteiger partial charge in [-0.2, -0.15) is 0 Å². The number of hydrogen-bond donors (Lipinski definition) is 1. The number of carbonyl (C=O) groups is 1. The maximum atomic E-state index is 10.3.